The fraction of sp³-hybridized carbons (Fsp3) is 0.611. The average Bonchev–Trinajstić information content (AvgIpc) is 2.55. The van der Waals surface area contributed by atoms with E-state index in [1.807, 2.05) is 0 Å². The molecule has 0 aliphatic carbocycles. The van der Waals surface area contributed by atoms with E-state index in [4.69, 9.17) is 16.3 Å². The number of ether oxygens (including phenoxy) is 1. The van der Waals surface area contributed by atoms with Crippen LogP contribution in [0.5, 0.6) is 0 Å². The van der Waals surface area contributed by atoms with E-state index in [0.717, 1.165) is 12.8 Å². The van der Waals surface area contributed by atoms with E-state index >= 15 is 0 Å². The Kier molecular flexibility index (Phi) is 7.10. The van der Waals surface area contributed by atoms with Crippen molar-refractivity contribution in [1.29, 1.82) is 0 Å². The molecule has 27 heavy (non-hydrogen) atoms. The predicted molar refractivity (Wildman–Crippen MR) is 103 cm³/mol. The van der Waals surface area contributed by atoms with Gasteiger partial charge in [0.15, 0.2) is 0 Å². The van der Waals surface area contributed by atoms with Gasteiger partial charge in [0.1, 0.15) is 11.4 Å². The maximum atomic E-state index is 13.8. The maximum Gasteiger partial charge on any atom is 0.410 e. The number of sulfonamides is 1. The lowest BCUT2D eigenvalue weighted by Crippen LogP contribution is -2.45. The quantitative estimate of drug-likeness (QED) is 0.790. The lowest BCUT2D eigenvalue weighted by atomic mass is 9.99. The maximum absolute atomic E-state index is 13.8. The van der Waals surface area contributed by atoms with Gasteiger partial charge >= 0.3 is 6.09 Å². The highest BCUT2D eigenvalue weighted by atomic mass is 35.5. The number of likely N-dealkylation sites (tertiary alicyclic amines) is 1. The second-order valence-electron chi connectivity index (χ2n) is 7.74. The van der Waals surface area contributed by atoms with E-state index in [2.05, 4.69) is 4.72 Å². The van der Waals surface area contributed by atoms with Gasteiger partial charge in [0.05, 0.1) is 5.75 Å². The van der Waals surface area contributed by atoms with Gasteiger partial charge in [-0.05, 0) is 51.7 Å². The third-order valence-electron chi connectivity index (χ3n) is 4.16. The second-order valence-corrected chi connectivity index (χ2v) is 9.96. The summed E-state index contributed by atoms with van der Waals surface area (Å²) in [6.45, 7) is 6.57. The monoisotopic (exact) mass is 420 g/mol. The zero-order valence-corrected chi connectivity index (χ0v) is 17.4. The summed E-state index contributed by atoms with van der Waals surface area (Å²) in [5, 5.41) is 0.0779. The highest BCUT2D eigenvalue weighted by Gasteiger charge is 2.28. The van der Waals surface area contributed by atoms with Gasteiger partial charge in [-0.1, -0.05) is 17.7 Å². The van der Waals surface area contributed by atoms with Crippen LogP contribution in [0.15, 0.2) is 18.2 Å². The minimum atomic E-state index is -3.75. The van der Waals surface area contributed by atoms with Crippen molar-refractivity contribution in [3.63, 3.8) is 0 Å². The number of carbonyl (C=O) groups is 1. The molecule has 1 heterocycles. The zero-order valence-electron chi connectivity index (χ0n) is 15.8. The first-order valence-corrected chi connectivity index (χ1v) is 10.9. The molecule has 6 nitrogen and oxygen atoms in total. The molecule has 1 N–H and O–H groups in total. The number of piperidine rings is 1. The van der Waals surface area contributed by atoms with Crippen LogP contribution in [0.3, 0.4) is 0 Å². The molecule has 9 heteroatoms. The first-order valence-electron chi connectivity index (χ1n) is 8.85. The summed E-state index contributed by atoms with van der Waals surface area (Å²) in [6.07, 6.45) is 1.17. The van der Waals surface area contributed by atoms with Gasteiger partial charge < -0.3 is 9.64 Å². The lowest BCUT2D eigenvalue weighted by molar-refractivity contribution is 0.0169. The third kappa shape index (κ3) is 6.93. The zero-order chi connectivity index (χ0) is 20.2. The van der Waals surface area contributed by atoms with Crippen LogP contribution in [-0.4, -0.2) is 44.6 Å². The molecule has 0 unspecified atom stereocenters. The van der Waals surface area contributed by atoms with E-state index < -0.39 is 33.3 Å². The Morgan fingerprint density at radius 1 is 1.41 bits per heavy atom. The SMILES string of the molecule is CC(C)(C)OC(=O)N1CCC[C@H](CNS(=O)(=O)Cc2c(F)cccc2Cl)C1. The van der Waals surface area contributed by atoms with Crippen molar-refractivity contribution in [3.8, 4) is 0 Å². The second kappa shape index (κ2) is 8.75. The minimum Gasteiger partial charge on any atom is -0.444 e. The summed E-state index contributed by atoms with van der Waals surface area (Å²) < 4.78 is 46.3. The molecule has 1 aliphatic rings. The summed E-state index contributed by atoms with van der Waals surface area (Å²) in [5.41, 5.74) is -0.629. The molecule has 0 aromatic heterocycles. The summed E-state index contributed by atoms with van der Waals surface area (Å²) >= 11 is 5.90. The smallest absolute Gasteiger partial charge is 0.410 e. The van der Waals surface area contributed by atoms with Crippen molar-refractivity contribution in [3.05, 3.63) is 34.6 Å². The Hall–Kier alpha value is -1.38. The molecule has 1 fully saturated rings. The van der Waals surface area contributed by atoms with Crippen LogP contribution < -0.4 is 4.72 Å². The number of hydrogen-bond acceptors (Lipinski definition) is 4. The molecule has 1 saturated heterocycles. The Morgan fingerprint density at radius 3 is 2.74 bits per heavy atom. The van der Waals surface area contributed by atoms with E-state index in [0.29, 0.717) is 13.1 Å². The van der Waals surface area contributed by atoms with Crippen LogP contribution in [0, 0.1) is 11.7 Å². The summed E-state index contributed by atoms with van der Waals surface area (Å²) in [6, 6.07) is 4.06. The van der Waals surface area contributed by atoms with Crippen LogP contribution in [0.1, 0.15) is 39.2 Å². The molecule has 1 aromatic rings. The normalized spacial score (nSPS) is 18.4. The van der Waals surface area contributed by atoms with Crippen LogP contribution >= 0.6 is 11.6 Å². The third-order valence-corrected chi connectivity index (χ3v) is 5.79. The topological polar surface area (TPSA) is 75.7 Å². The van der Waals surface area contributed by atoms with Gasteiger partial charge in [-0.2, -0.15) is 0 Å². The number of nitrogens with zero attached hydrogens (tertiary/aromatic N) is 1. The summed E-state index contributed by atoms with van der Waals surface area (Å²) in [7, 11) is -3.75. The lowest BCUT2D eigenvalue weighted by Gasteiger charge is -2.34. The molecule has 152 valence electrons. The number of hydrogen-bond donors (Lipinski definition) is 1. The largest absolute Gasteiger partial charge is 0.444 e. The highest BCUT2D eigenvalue weighted by Crippen LogP contribution is 2.22. The number of amides is 1. The molecule has 2 rings (SSSR count). The Labute approximate surface area is 165 Å². The Bertz CT molecular complexity index is 760. The van der Waals surface area contributed by atoms with Gasteiger partial charge in [0.2, 0.25) is 10.0 Å². The van der Waals surface area contributed by atoms with Gasteiger partial charge in [0, 0.05) is 30.2 Å². The molecule has 1 amide bonds. The van der Waals surface area contributed by atoms with Crippen LogP contribution in [0.25, 0.3) is 0 Å². The standard InChI is InChI=1S/C18H26ClFN2O4S/c1-18(2,3)26-17(23)22-9-5-6-13(11-22)10-21-27(24,25)12-14-15(19)7-4-8-16(14)20/h4,7-8,13,21H,5-6,9-12H2,1-3H3/t13-/m1/s1. The fourth-order valence-corrected chi connectivity index (χ4v) is 4.45. The molecule has 1 atom stereocenters. The molecular weight excluding hydrogens is 395 g/mol. The fourth-order valence-electron chi connectivity index (χ4n) is 2.88. The van der Waals surface area contributed by atoms with Crippen molar-refractivity contribution in [2.24, 2.45) is 5.92 Å². The average molecular weight is 421 g/mol. The minimum absolute atomic E-state index is 0.0304. The van der Waals surface area contributed by atoms with Crippen molar-refractivity contribution in [2.45, 2.75) is 45.0 Å². The van der Waals surface area contributed by atoms with E-state index in [1.54, 1.807) is 25.7 Å². The van der Waals surface area contributed by atoms with Gasteiger partial charge in [-0.3, -0.25) is 0 Å². The molecule has 0 saturated carbocycles. The van der Waals surface area contributed by atoms with Gasteiger partial charge in [-0.15, -0.1) is 0 Å². The van der Waals surface area contributed by atoms with Crippen LogP contribution in [-0.2, 0) is 20.5 Å². The van der Waals surface area contributed by atoms with Crippen LogP contribution in [0.2, 0.25) is 5.02 Å². The number of halogens is 2. The number of nitrogens with one attached hydrogen (secondary N) is 1. The molecule has 0 spiro atoms. The van der Waals surface area contributed by atoms with Crippen LogP contribution in [0.4, 0.5) is 9.18 Å². The van der Waals surface area contributed by atoms with Crippen molar-refractivity contribution in [2.75, 3.05) is 19.6 Å². The van der Waals surface area contributed by atoms with Gasteiger partial charge in [-0.25, -0.2) is 22.3 Å². The molecule has 0 bridgehead atoms. The molecule has 1 aromatic carbocycles. The molecule has 1 aliphatic heterocycles. The van der Waals surface area contributed by atoms with Crippen molar-refractivity contribution in [1.82, 2.24) is 9.62 Å². The highest BCUT2D eigenvalue weighted by molar-refractivity contribution is 7.88. The van der Waals surface area contributed by atoms with Gasteiger partial charge in [0.25, 0.3) is 0 Å². The van der Waals surface area contributed by atoms with E-state index in [-0.39, 0.29) is 23.0 Å². The van der Waals surface area contributed by atoms with E-state index in [1.165, 1.54) is 18.2 Å². The van der Waals surface area contributed by atoms with E-state index in [9.17, 15) is 17.6 Å². The number of carbonyl (C=O) groups excluding carboxylic acids is 1. The number of rotatable bonds is 5. The molecule has 0 radical (unpaired) electrons. The summed E-state index contributed by atoms with van der Waals surface area (Å²) in [4.78, 5) is 13.8. The van der Waals surface area contributed by atoms with Crippen molar-refractivity contribution < 1.29 is 22.3 Å². The number of benzene rings is 1. The Balaban J connectivity index is 1.92. The van der Waals surface area contributed by atoms with Crippen molar-refractivity contribution >= 4 is 27.7 Å². The molecular formula is C18H26ClFN2O4S. The first kappa shape index (κ1) is 21.9. The summed E-state index contributed by atoms with van der Waals surface area (Å²) in [5.74, 6) is -1.21. The predicted octanol–water partition coefficient (Wildman–Crippen LogP) is 3.55. The Morgan fingerprint density at radius 2 is 2.11 bits per heavy atom. The first-order chi connectivity index (χ1) is 12.5.